The van der Waals surface area contributed by atoms with Crippen LogP contribution in [0, 0.1) is 17.3 Å². The second-order valence-corrected chi connectivity index (χ2v) is 6.47. The Hall–Kier alpha value is -1.46. The first-order chi connectivity index (χ1) is 9.65. The van der Waals surface area contributed by atoms with Crippen molar-refractivity contribution in [2.24, 2.45) is 17.3 Å². The lowest BCUT2D eigenvalue weighted by Crippen LogP contribution is -2.60. The monoisotopic (exact) mass is 294 g/mol. The van der Waals surface area contributed by atoms with Crippen LogP contribution in [0.4, 0.5) is 0 Å². The van der Waals surface area contributed by atoms with E-state index in [1.807, 2.05) is 0 Å². The predicted molar refractivity (Wildman–Crippen MR) is 76.3 cm³/mol. The van der Waals surface area contributed by atoms with Crippen LogP contribution in [0.15, 0.2) is 24.3 Å². The smallest absolute Gasteiger partial charge is 0.333 e. The molecule has 0 saturated heterocycles. The van der Waals surface area contributed by atoms with Crippen molar-refractivity contribution >= 4 is 11.8 Å². The van der Waals surface area contributed by atoms with E-state index >= 15 is 0 Å². The van der Waals surface area contributed by atoms with E-state index in [-0.39, 0.29) is 11.4 Å². The SMILES string of the molecule is C=C(C(=O)OC)C1CCC2(C)C(=O)C=CC(C)(O)C2C1O. The summed E-state index contributed by atoms with van der Waals surface area (Å²) >= 11 is 0. The van der Waals surface area contributed by atoms with Crippen LogP contribution in [0.3, 0.4) is 0 Å². The molecule has 0 aliphatic heterocycles. The van der Waals surface area contributed by atoms with E-state index in [1.54, 1.807) is 13.8 Å². The predicted octanol–water partition coefficient (Wildman–Crippen LogP) is 0.999. The number of carbonyl (C=O) groups is 2. The first-order valence-electron chi connectivity index (χ1n) is 7.06. The molecule has 5 unspecified atom stereocenters. The summed E-state index contributed by atoms with van der Waals surface area (Å²) < 4.78 is 4.65. The molecule has 0 radical (unpaired) electrons. The van der Waals surface area contributed by atoms with Gasteiger partial charge in [-0.05, 0) is 31.9 Å². The van der Waals surface area contributed by atoms with Crippen molar-refractivity contribution in [2.45, 2.75) is 38.4 Å². The van der Waals surface area contributed by atoms with Gasteiger partial charge in [-0.25, -0.2) is 4.79 Å². The lowest BCUT2D eigenvalue weighted by atomic mass is 9.53. The maximum Gasteiger partial charge on any atom is 0.333 e. The second-order valence-electron chi connectivity index (χ2n) is 6.47. The largest absolute Gasteiger partial charge is 0.466 e. The van der Waals surface area contributed by atoms with Crippen LogP contribution >= 0.6 is 0 Å². The van der Waals surface area contributed by atoms with Gasteiger partial charge < -0.3 is 14.9 Å². The molecule has 0 heterocycles. The van der Waals surface area contributed by atoms with Crippen LogP contribution in [0.5, 0.6) is 0 Å². The number of aliphatic hydroxyl groups excluding tert-OH is 1. The van der Waals surface area contributed by atoms with Crippen molar-refractivity contribution in [2.75, 3.05) is 7.11 Å². The highest BCUT2D eigenvalue weighted by Crippen LogP contribution is 2.52. The highest BCUT2D eigenvalue weighted by atomic mass is 16.5. The van der Waals surface area contributed by atoms with Crippen molar-refractivity contribution in [1.82, 2.24) is 0 Å². The molecule has 0 aromatic rings. The number of ketones is 1. The molecule has 2 aliphatic carbocycles. The van der Waals surface area contributed by atoms with Crippen LogP contribution < -0.4 is 0 Å². The summed E-state index contributed by atoms with van der Waals surface area (Å²) in [5, 5.41) is 21.3. The van der Waals surface area contributed by atoms with Gasteiger partial charge in [-0.15, -0.1) is 0 Å². The van der Waals surface area contributed by atoms with Gasteiger partial charge >= 0.3 is 5.97 Å². The fraction of sp³-hybridized carbons (Fsp3) is 0.625. The standard InChI is InChI=1S/C16H22O5/c1-9(14(19)21-4)10-5-7-15(2)11(17)6-8-16(3,20)13(15)12(10)18/h6,8,10,12-13,18,20H,1,5,7H2,2-4H3. The van der Waals surface area contributed by atoms with Gasteiger partial charge in [0.1, 0.15) is 0 Å². The summed E-state index contributed by atoms with van der Waals surface area (Å²) in [5.74, 6) is -1.86. The average Bonchev–Trinajstić information content (AvgIpc) is 2.42. The van der Waals surface area contributed by atoms with Gasteiger partial charge in [0.15, 0.2) is 5.78 Å². The topological polar surface area (TPSA) is 83.8 Å². The maximum atomic E-state index is 12.2. The minimum absolute atomic E-state index is 0.0970. The fourth-order valence-corrected chi connectivity index (χ4v) is 3.86. The zero-order chi connectivity index (χ0) is 16.0. The van der Waals surface area contributed by atoms with Gasteiger partial charge in [-0.1, -0.05) is 13.5 Å². The van der Waals surface area contributed by atoms with E-state index in [9.17, 15) is 19.8 Å². The lowest BCUT2D eigenvalue weighted by Gasteiger charge is -2.53. The Bertz CT molecular complexity index is 519. The molecular formula is C16H22O5. The molecule has 0 spiro atoms. The number of methoxy groups -OCH3 is 1. The second kappa shape index (κ2) is 5.07. The average molecular weight is 294 g/mol. The number of hydrogen-bond donors (Lipinski definition) is 2. The van der Waals surface area contributed by atoms with Crippen LogP contribution in [-0.2, 0) is 14.3 Å². The van der Waals surface area contributed by atoms with E-state index < -0.39 is 34.9 Å². The van der Waals surface area contributed by atoms with E-state index in [0.29, 0.717) is 12.8 Å². The quantitative estimate of drug-likeness (QED) is 0.586. The molecule has 5 nitrogen and oxygen atoms in total. The summed E-state index contributed by atoms with van der Waals surface area (Å²) in [4.78, 5) is 23.9. The number of allylic oxidation sites excluding steroid dienone is 1. The molecule has 2 aliphatic rings. The van der Waals surface area contributed by atoms with E-state index in [4.69, 9.17) is 0 Å². The summed E-state index contributed by atoms with van der Waals surface area (Å²) in [6, 6.07) is 0. The van der Waals surface area contributed by atoms with Gasteiger partial charge in [-0.3, -0.25) is 4.79 Å². The molecule has 0 aromatic heterocycles. The molecule has 2 rings (SSSR count). The number of ether oxygens (including phenoxy) is 1. The molecule has 1 fully saturated rings. The van der Waals surface area contributed by atoms with Crippen LogP contribution in [0.1, 0.15) is 26.7 Å². The molecule has 21 heavy (non-hydrogen) atoms. The summed E-state index contributed by atoms with van der Waals surface area (Å²) in [5.41, 5.74) is -1.95. The summed E-state index contributed by atoms with van der Waals surface area (Å²) in [7, 11) is 1.26. The van der Waals surface area contributed by atoms with Crippen molar-refractivity contribution in [3.05, 3.63) is 24.3 Å². The van der Waals surface area contributed by atoms with Crippen molar-refractivity contribution in [3.63, 3.8) is 0 Å². The minimum atomic E-state index is -1.31. The van der Waals surface area contributed by atoms with Crippen LogP contribution in [0.2, 0.25) is 0 Å². The van der Waals surface area contributed by atoms with E-state index in [0.717, 1.165) is 0 Å². The Morgan fingerprint density at radius 1 is 1.48 bits per heavy atom. The molecule has 0 amide bonds. The molecule has 2 N–H and O–H groups in total. The minimum Gasteiger partial charge on any atom is -0.466 e. The van der Waals surface area contributed by atoms with Crippen molar-refractivity contribution in [1.29, 1.82) is 0 Å². The van der Waals surface area contributed by atoms with Gasteiger partial charge in [0.25, 0.3) is 0 Å². The number of hydrogen-bond acceptors (Lipinski definition) is 5. The van der Waals surface area contributed by atoms with Gasteiger partial charge in [0.2, 0.25) is 0 Å². The zero-order valence-electron chi connectivity index (χ0n) is 12.6. The van der Waals surface area contributed by atoms with Crippen molar-refractivity contribution in [3.8, 4) is 0 Å². The number of aliphatic hydroxyl groups is 2. The Kier molecular flexibility index (Phi) is 3.84. The number of esters is 1. The number of rotatable bonds is 2. The number of carbonyl (C=O) groups excluding carboxylic acids is 2. The number of fused-ring (bicyclic) bond motifs is 1. The molecule has 116 valence electrons. The third-order valence-corrected chi connectivity index (χ3v) is 5.07. The molecule has 5 heteroatoms. The van der Waals surface area contributed by atoms with Crippen LogP contribution in [0.25, 0.3) is 0 Å². The van der Waals surface area contributed by atoms with Gasteiger partial charge in [-0.2, -0.15) is 0 Å². The highest BCUT2D eigenvalue weighted by molar-refractivity contribution is 5.96. The summed E-state index contributed by atoms with van der Waals surface area (Å²) in [6.07, 6.45) is 2.72. The van der Waals surface area contributed by atoms with E-state index in [1.165, 1.54) is 19.3 Å². The Morgan fingerprint density at radius 2 is 2.10 bits per heavy atom. The molecule has 1 saturated carbocycles. The molecule has 5 atom stereocenters. The van der Waals surface area contributed by atoms with E-state index in [2.05, 4.69) is 11.3 Å². The normalized spacial score (nSPS) is 42.3. The Balaban J connectivity index is 2.39. The van der Waals surface area contributed by atoms with Crippen molar-refractivity contribution < 1.29 is 24.5 Å². The lowest BCUT2D eigenvalue weighted by molar-refractivity contribution is -0.160. The molecule has 0 bridgehead atoms. The molecule has 0 aromatic carbocycles. The fourth-order valence-electron chi connectivity index (χ4n) is 3.86. The highest BCUT2D eigenvalue weighted by Gasteiger charge is 2.58. The van der Waals surface area contributed by atoms with Gasteiger partial charge in [0, 0.05) is 22.8 Å². The Labute approximate surface area is 124 Å². The van der Waals surface area contributed by atoms with Crippen LogP contribution in [-0.4, -0.2) is 40.8 Å². The third-order valence-electron chi connectivity index (χ3n) is 5.07. The zero-order valence-corrected chi connectivity index (χ0v) is 12.6. The first kappa shape index (κ1) is 15.9. The summed E-state index contributed by atoms with van der Waals surface area (Å²) in [6.45, 7) is 7.04. The molecular weight excluding hydrogens is 272 g/mol. The Morgan fingerprint density at radius 3 is 2.67 bits per heavy atom. The van der Waals surface area contributed by atoms with Gasteiger partial charge in [0.05, 0.1) is 18.8 Å². The maximum absolute atomic E-state index is 12.2. The first-order valence-corrected chi connectivity index (χ1v) is 7.06. The third kappa shape index (κ3) is 2.34.